The summed E-state index contributed by atoms with van der Waals surface area (Å²) in [5.41, 5.74) is 0. The highest BCUT2D eigenvalue weighted by atomic mass is 16.7. The first kappa shape index (κ1) is 70.7. The molecule has 12 nitrogen and oxygen atoms in total. The second-order valence-electron chi connectivity index (χ2n) is 20.2. The minimum Gasteiger partial charge on any atom is -0.479 e. The van der Waals surface area contributed by atoms with Gasteiger partial charge in [-0.3, -0.25) is 14.4 Å². The number of aliphatic hydroxyl groups is 2. The van der Waals surface area contributed by atoms with Crippen molar-refractivity contribution in [3.05, 3.63) is 97.2 Å². The molecule has 0 aliphatic carbocycles. The van der Waals surface area contributed by atoms with Crippen molar-refractivity contribution in [3.8, 4) is 0 Å². The monoisotopic (exact) mass is 1080 g/mol. The fraction of sp³-hybridized carbons (Fsp3) is 0.692. The highest BCUT2D eigenvalue weighted by molar-refractivity contribution is 5.74. The lowest BCUT2D eigenvalue weighted by Crippen LogP contribution is -2.61. The smallest absolute Gasteiger partial charge is 0.335 e. The van der Waals surface area contributed by atoms with Crippen LogP contribution in [0.4, 0.5) is 0 Å². The lowest BCUT2D eigenvalue weighted by Gasteiger charge is -2.40. The zero-order valence-electron chi connectivity index (χ0n) is 48.2. The molecule has 0 radical (unpaired) electrons. The minimum absolute atomic E-state index is 0.0151. The molecule has 0 bridgehead atoms. The topological polar surface area (TPSA) is 175 Å². The lowest BCUT2D eigenvalue weighted by atomic mass is 9.98. The first-order valence-electron chi connectivity index (χ1n) is 30.2. The summed E-state index contributed by atoms with van der Waals surface area (Å²) in [6, 6.07) is 0. The van der Waals surface area contributed by atoms with Crippen LogP contribution >= 0.6 is 0 Å². The maximum absolute atomic E-state index is 13.1. The normalized spacial score (nSPS) is 18.7. The number of allylic oxidation sites excluding steroid dienone is 16. The van der Waals surface area contributed by atoms with Crippen molar-refractivity contribution < 1.29 is 58.2 Å². The molecule has 1 heterocycles. The first-order valence-corrected chi connectivity index (χ1v) is 30.2. The number of unbranched alkanes of at least 4 members (excludes halogenated alkanes) is 20. The molecular weight excluding hydrogens is 973 g/mol. The number of carboxylic acids is 1. The number of rotatable bonds is 50. The third-order valence-electron chi connectivity index (χ3n) is 13.1. The molecule has 1 fully saturated rings. The van der Waals surface area contributed by atoms with E-state index >= 15 is 0 Å². The number of carbonyl (C=O) groups is 4. The Kier molecular flexibility index (Phi) is 48.0. The van der Waals surface area contributed by atoms with Gasteiger partial charge < -0.3 is 39.0 Å². The van der Waals surface area contributed by atoms with Gasteiger partial charge in [0.25, 0.3) is 0 Å². The van der Waals surface area contributed by atoms with Crippen LogP contribution in [0.5, 0.6) is 0 Å². The molecular formula is C65H106O12. The Morgan fingerprint density at radius 1 is 0.442 bits per heavy atom. The van der Waals surface area contributed by atoms with Crippen molar-refractivity contribution in [3.63, 3.8) is 0 Å². The van der Waals surface area contributed by atoms with Gasteiger partial charge in [0.1, 0.15) is 18.8 Å². The van der Waals surface area contributed by atoms with Gasteiger partial charge >= 0.3 is 23.9 Å². The van der Waals surface area contributed by atoms with E-state index in [-0.39, 0.29) is 25.9 Å². The maximum atomic E-state index is 13.1. The molecule has 12 heteroatoms. The maximum Gasteiger partial charge on any atom is 0.335 e. The van der Waals surface area contributed by atoms with E-state index < -0.39 is 67.3 Å². The average molecular weight is 1080 g/mol. The van der Waals surface area contributed by atoms with Gasteiger partial charge in [0.2, 0.25) is 0 Å². The Morgan fingerprint density at radius 2 is 0.818 bits per heavy atom. The number of hydrogen-bond acceptors (Lipinski definition) is 11. The van der Waals surface area contributed by atoms with Crippen LogP contribution in [0.15, 0.2) is 97.2 Å². The van der Waals surface area contributed by atoms with Crippen LogP contribution in [-0.2, 0) is 42.9 Å². The van der Waals surface area contributed by atoms with Crippen molar-refractivity contribution >= 4 is 23.9 Å². The number of carboxylic acid groups (broad SMARTS) is 1. The predicted molar refractivity (Wildman–Crippen MR) is 312 cm³/mol. The Hall–Kier alpha value is -4.36. The number of hydrogen-bond donors (Lipinski definition) is 3. The fourth-order valence-corrected chi connectivity index (χ4v) is 8.48. The van der Waals surface area contributed by atoms with Crippen LogP contribution in [0.3, 0.4) is 0 Å². The molecule has 77 heavy (non-hydrogen) atoms. The number of esters is 3. The van der Waals surface area contributed by atoms with Crippen molar-refractivity contribution in [2.24, 2.45) is 0 Å². The molecule has 0 aromatic rings. The van der Waals surface area contributed by atoms with Crippen molar-refractivity contribution in [1.82, 2.24) is 0 Å². The molecule has 438 valence electrons. The van der Waals surface area contributed by atoms with Crippen LogP contribution in [-0.4, -0.2) is 89.2 Å². The molecule has 0 aromatic carbocycles. The third-order valence-corrected chi connectivity index (χ3v) is 13.1. The zero-order chi connectivity index (χ0) is 56.1. The van der Waals surface area contributed by atoms with E-state index in [0.717, 1.165) is 135 Å². The van der Waals surface area contributed by atoms with E-state index in [9.17, 15) is 34.5 Å². The van der Waals surface area contributed by atoms with Gasteiger partial charge in [-0.15, -0.1) is 0 Å². The van der Waals surface area contributed by atoms with E-state index in [4.69, 9.17) is 23.7 Å². The highest BCUT2D eigenvalue weighted by Gasteiger charge is 2.50. The molecule has 1 aliphatic rings. The van der Waals surface area contributed by atoms with Gasteiger partial charge in [-0.1, -0.05) is 195 Å². The number of aliphatic hydroxyl groups excluding tert-OH is 2. The van der Waals surface area contributed by atoms with Crippen LogP contribution in [0.1, 0.15) is 239 Å². The summed E-state index contributed by atoms with van der Waals surface area (Å²) in [5, 5.41) is 31.5. The molecule has 3 N–H and O–H groups in total. The summed E-state index contributed by atoms with van der Waals surface area (Å²) in [6.07, 6.45) is 56.5. The van der Waals surface area contributed by atoms with Gasteiger partial charge in [-0.25, -0.2) is 4.79 Å². The molecule has 6 unspecified atom stereocenters. The summed E-state index contributed by atoms with van der Waals surface area (Å²) in [5.74, 6) is -3.20. The average Bonchev–Trinajstić information content (AvgIpc) is 3.42. The summed E-state index contributed by atoms with van der Waals surface area (Å²) >= 11 is 0. The Labute approximate surface area is 466 Å². The number of carbonyl (C=O) groups excluding carboxylic acids is 3. The Bertz CT molecular complexity index is 1710. The molecule has 0 saturated carbocycles. The summed E-state index contributed by atoms with van der Waals surface area (Å²) in [6.45, 7) is 5.80. The quantitative estimate of drug-likeness (QED) is 0.0228. The largest absolute Gasteiger partial charge is 0.479 e. The molecule has 0 amide bonds. The standard InChI is InChI=1S/C65H106O12/c1-4-7-10-13-16-19-22-25-27-28-29-30-32-35-38-41-44-47-50-53-59(68)76-63-61(70)60(69)62(64(71)72)77-65(63)74-55-56(75-58(67)52-49-46-43-40-37-33-24-21-18-15-12-9-6-3)54-73-57(66)51-48-45-42-39-36-34-31-26-23-20-17-14-11-8-5-2/h7,10,16-17,19-21,24-27,29-31,35,38,56,60-63,65,69-70H,4-6,8-9,11-15,18,22-23,28,32-34,36-37,39-55H2,1-3H3,(H,71,72)/b10-7-,19-16-,20-17-,24-21-,27-25-,30-29-,31-26-,38-35-. The minimum atomic E-state index is -1.92. The van der Waals surface area contributed by atoms with Crippen LogP contribution < -0.4 is 0 Å². The molecule has 1 rings (SSSR count). The van der Waals surface area contributed by atoms with Crippen molar-refractivity contribution in [2.45, 2.75) is 276 Å². The van der Waals surface area contributed by atoms with E-state index in [1.807, 2.05) is 0 Å². The van der Waals surface area contributed by atoms with Crippen LogP contribution in [0, 0.1) is 0 Å². The van der Waals surface area contributed by atoms with Crippen LogP contribution in [0.2, 0.25) is 0 Å². The van der Waals surface area contributed by atoms with Gasteiger partial charge in [0.05, 0.1) is 6.61 Å². The zero-order valence-corrected chi connectivity index (χ0v) is 48.2. The van der Waals surface area contributed by atoms with Gasteiger partial charge in [-0.2, -0.15) is 0 Å². The second kappa shape index (κ2) is 52.3. The molecule has 0 aromatic heterocycles. The van der Waals surface area contributed by atoms with Gasteiger partial charge in [0, 0.05) is 19.3 Å². The number of aliphatic carboxylic acids is 1. The Morgan fingerprint density at radius 3 is 1.30 bits per heavy atom. The fourth-order valence-electron chi connectivity index (χ4n) is 8.48. The molecule has 6 atom stereocenters. The number of ether oxygens (including phenoxy) is 5. The lowest BCUT2D eigenvalue weighted by molar-refractivity contribution is -0.301. The SMILES string of the molecule is CC/C=C\C/C=C\C/C=C\C/C=C\C/C=C\CCCCCC(=O)OC1C(OCC(COC(=O)CCCCCCC/C=C\C/C=C\CCCCC)OC(=O)CCCCCCC/C=C\CCCCCC)OC(C(=O)O)C(O)C1O. The summed E-state index contributed by atoms with van der Waals surface area (Å²) in [4.78, 5) is 51.1. The van der Waals surface area contributed by atoms with Crippen molar-refractivity contribution in [1.29, 1.82) is 0 Å². The van der Waals surface area contributed by atoms with Gasteiger partial charge in [-0.05, 0) is 122 Å². The van der Waals surface area contributed by atoms with E-state index in [0.29, 0.717) is 19.3 Å². The molecule has 1 aliphatic heterocycles. The van der Waals surface area contributed by atoms with E-state index in [2.05, 4.69) is 118 Å². The van der Waals surface area contributed by atoms with Gasteiger partial charge in [0.15, 0.2) is 24.6 Å². The molecule has 0 spiro atoms. The first-order chi connectivity index (χ1) is 37.6. The van der Waals surface area contributed by atoms with E-state index in [1.54, 1.807) is 0 Å². The third kappa shape index (κ3) is 42.3. The van der Waals surface area contributed by atoms with Crippen molar-refractivity contribution in [2.75, 3.05) is 13.2 Å². The predicted octanol–water partition coefficient (Wildman–Crippen LogP) is 15.7. The highest BCUT2D eigenvalue weighted by Crippen LogP contribution is 2.26. The van der Waals surface area contributed by atoms with Crippen LogP contribution in [0.25, 0.3) is 0 Å². The van der Waals surface area contributed by atoms with E-state index in [1.165, 1.54) is 44.9 Å². The second-order valence-corrected chi connectivity index (χ2v) is 20.2. The summed E-state index contributed by atoms with van der Waals surface area (Å²) < 4.78 is 28.4. The Balaban J connectivity index is 2.72. The summed E-state index contributed by atoms with van der Waals surface area (Å²) in [7, 11) is 0. The molecule has 1 saturated heterocycles.